The first-order chi connectivity index (χ1) is 8.11. The number of esters is 1. The number of hydrogen-bond acceptors (Lipinski definition) is 4. The second-order valence-electron chi connectivity index (χ2n) is 4.65. The van der Waals surface area contributed by atoms with Crippen LogP contribution in [0.25, 0.3) is 0 Å². The van der Waals surface area contributed by atoms with Gasteiger partial charge in [-0.2, -0.15) is 0 Å². The molecule has 1 saturated heterocycles. The predicted octanol–water partition coefficient (Wildman–Crippen LogP) is 0.444. The van der Waals surface area contributed by atoms with Crippen molar-refractivity contribution in [1.29, 1.82) is 0 Å². The Morgan fingerprint density at radius 3 is 2.88 bits per heavy atom. The minimum Gasteiger partial charge on any atom is -0.469 e. The van der Waals surface area contributed by atoms with Crippen LogP contribution in [-0.4, -0.2) is 38.1 Å². The standard InChI is InChI=1S/C12H22N2O3/c1-9(7-12(16)17-2)14-11(15)4-3-10-5-6-13-8-10/h9-10,13H,3-8H2,1-2H3,(H,14,15). The summed E-state index contributed by atoms with van der Waals surface area (Å²) in [5.74, 6) is 0.350. The Morgan fingerprint density at radius 1 is 1.53 bits per heavy atom. The molecular formula is C12H22N2O3. The smallest absolute Gasteiger partial charge is 0.307 e. The summed E-state index contributed by atoms with van der Waals surface area (Å²) in [4.78, 5) is 22.6. The van der Waals surface area contributed by atoms with Crippen LogP contribution in [0.3, 0.4) is 0 Å². The van der Waals surface area contributed by atoms with E-state index in [2.05, 4.69) is 15.4 Å². The van der Waals surface area contributed by atoms with Crippen molar-refractivity contribution in [2.75, 3.05) is 20.2 Å². The summed E-state index contributed by atoms with van der Waals surface area (Å²) in [6.07, 6.45) is 2.85. The summed E-state index contributed by atoms with van der Waals surface area (Å²) < 4.78 is 4.55. The molecule has 1 aliphatic heterocycles. The van der Waals surface area contributed by atoms with Crippen LogP contribution in [0.4, 0.5) is 0 Å². The topological polar surface area (TPSA) is 67.4 Å². The molecule has 2 unspecified atom stereocenters. The van der Waals surface area contributed by atoms with Gasteiger partial charge in [-0.25, -0.2) is 0 Å². The van der Waals surface area contributed by atoms with Gasteiger partial charge >= 0.3 is 5.97 Å². The molecule has 2 atom stereocenters. The fraction of sp³-hybridized carbons (Fsp3) is 0.833. The van der Waals surface area contributed by atoms with E-state index in [1.807, 2.05) is 6.92 Å². The van der Waals surface area contributed by atoms with Gasteiger partial charge < -0.3 is 15.4 Å². The highest BCUT2D eigenvalue weighted by Crippen LogP contribution is 2.14. The molecule has 0 aromatic carbocycles. The zero-order valence-corrected chi connectivity index (χ0v) is 10.6. The van der Waals surface area contributed by atoms with E-state index in [1.165, 1.54) is 7.11 Å². The van der Waals surface area contributed by atoms with E-state index < -0.39 is 0 Å². The summed E-state index contributed by atoms with van der Waals surface area (Å²) in [5.41, 5.74) is 0. The van der Waals surface area contributed by atoms with E-state index in [-0.39, 0.29) is 24.3 Å². The molecule has 0 aromatic heterocycles. The van der Waals surface area contributed by atoms with E-state index in [0.717, 1.165) is 25.9 Å². The Balaban J connectivity index is 2.12. The maximum absolute atomic E-state index is 11.6. The zero-order chi connectivity index (χ0) is 12.7. The first-order valence-electron chi connectivity index (χ1n) is 6.18. The van der Waals surface area contributed by atoms with Crippen molar-refractivity contribution in [2.24, 2.45) is 5.92 Å². The molecule has 1 amide bonds. The summed E-state index contributed by atoms with van der Waals surface area (Å²) in [7, 11) is 1.35. The van der Waals surface area contributed by atoms with Crippen LogP contribution in [0.1, 0.15) is 32.6 Å². The largest absolute Gasteiger partial charge is 0.469 e. The van der Waals surface area contributed by atoms with Crippen LogP contribution < -0.4 is 10.6 Å². The first kappa shape index (κ1) is 14.0. The van der Waals surface area contributed by atoms with Gasteiger partial charge in [0.15, 0.2) is 0 Å². The summed E-state index contributed by atoms with van der Waals surface area (Å²) in [6, 6.07) is -0.156. The Bertz CT molecular complexity index is 262. The Morgan fingerprint density at radius 2 is 2.29 bits per heavy atom. The molecule has 0 radical (unpaired) electrons. The molecule has 1 heterocycles. The van der Waals surface area contributed by atoms with Gasteiger partial charge in [0.05, 0.1) is 13.5 Å². The molecule has 1 rings (SSSR count). The molecule has 1 fully saturated rings. The van der Waals surface area contributed by atoms with Gasteiger partial charge in [-0.05, 0) is 38.8 Å². The van der Waals surface area contributed by atoms with Gasteiger partial charge in [0.25, 0.3) is 0 Å². The van der Waals surface area contributed by atoms with Gasteiger partial charge in [0.1, 0.15) is 0 Å². The van der Waals surface area contributed by atoms with Crippen molar-refractivity contribution in [2.45, 2.75) is 38.6 Å². The third kappa shape index (κ3) is 5.68. The van der Waals surface area contributed by atoms with Crippen molar-refractivity contribution in [3.63, 3.8) is 0 Å². The van der Waals surface area contributed by atoms with Gasteiger partial charge in [-0.1, -0.05) is 0 Å². The number of carbonyl (C=O) groups is 2. The fourth-order valence-corrected chi connectivity index (χ4v) is 2.03. The summed E-state index contributed by atoms with van der Waals surface area (Å²) in [5, 5.41) is 6.09. The lowest BCUT2D eigenvalue weighted by atomic mass is 10.0. The number of nitrogens with one attached hydrogen (secondary N) is 2. The van der Waals surface area contributed by atoms with Crippen LogP contribution >= 0.6 is 0 Å². The molecule has 5 nitrogen and oxygen atoms in total. The third-order valence-corrected chi connectivity index (χ3v) is 3.05. The lowest BCUT2D eigenvalue weighted by molar-refractivity contribution is -0.141. The third-order valence-electron chi connectivity index (χ3n) is 3.05. The van der Waals surface area contributed by atoms with Crippen molar-refractivity contribution in [3.8, 4) is 0 Å². The molecule has 0 saturated carbocycles. The van der Waals surface area contributed by atoms with Crippen LogP contribution in [-0.2, 0) is 14.3 Å². The monoisotopic (exact) mass is 242 g/mol. The van der Waals surface area contributed by atoms with E-state index in [9.17, 15) is 9.59 Å². The van der Waals surface area contributed by atoms with Crippen molar-refractivity contribution < 1.29 is 14.3 Å². The molecule has 0 bridgehead atoms. The van der Waals surface area contributed by atoms with E-state index in [0.29, 0.717) is 12.3 Å². The average molecular weight is 242 g/mol. The number of hydrogen-bond donors (Lipinski definition) is 2. The minimum absolute atomic E-state index is 0.0216. The van der Waals surface area contributed by atoms with Gasteiger partial charge in [0, 0.05) is 12.5 Å². The van der Waals surface area contributed by atoms with Crippen molar-refractivity contribution >= 4 is 11.9 Å². The Labute approximate surface area is 102 Å². The summed E-state index contributed by atoms with van der Waals surface area (Å²) in [6.45, 7) is 3.89. The van der Waals surface area contributed by atoms with Gasteiger partial charge in [-0.15, -0.1) is 0 Å². The molecule has 0 aromatic rings. The maximum atomic E-state index is 11.6. The van der Waals surface area contributed by atoms with Crippen LogP contribution in [0.5, 0.6) is 0 Å². The van der Waals surface area contributed by atoms with Crippen LogP contribution in [0.15, 0.2) is 0 Å². The second-order valence-corrected chi connectivity index (χ2v) is 4.65. The SMILES string of the molecule is COC(=O)CC(C)NC(=O)CCC1CCNC1. The highest BCUT2D eigenvalue weighted by Gasteiger charge is 2.17. The zero-order valence-electron chi connectivity index (χ0n) is 10.6. The average Bonchev–Trinajstić information content (AvgIpc) is 2.78. The maximum Gasteiger partial charge on any atom is 0.307 e. The Kier molecular flexibility index (Phi) is 5.97. The lowest BCUT2D eigenvalue weighted by Crippen LogP contribution is -2.34. The van der Waals surface area contributed by atoms with Gasteiger partial charge in [-0.3, -0.25) is 9.59 Å². The number of amides is 1. The lowest BCUT2D eigenvalue weighted by Gasteiger charge is -2.13. The molecule has 1 aliphatic rings. The highest BCUT2D eigenvalue weighted by molar-refractivity contribution is 5.77. The number of carbonyl (C=O) groups excluding carboxylic acids is 2. The predicted molar refractivity (Wildman–Crippen MR) is 64.4 cm³/mol. The number of methoxy groups -OCH3 is 1. The van der Waals surface area contributed by atoms with E-state index >= 15 is 0 Å². The molecule has 0 spiro atoms. The molecule has 5 heteroatoms. The van der Waals surface area contributed by atoms with Gasteiger partial charge in [0.2, 0.25) is 5.91 Å². The van der Waals surface area contributed by atoms with E-state index in [1.54, 1.807) is 0 Å². The van der Waals surface area contributed by atoms with Crippen LogP contribution in [0.2, 0.25) is 0 Å². The quantitative estimate of drug-likeness (QED) is 0.663. The molecule has 98 valence electrons. The minimum atomic E-state index is -0.294. The molecule has 2 N–H and O–H groups in total. The molecular weight excluding hydrogens is 220 g/mol. The second kappa shape index (κ2) is 7.27. The molecule has 17 heavy (non-hydrogen) atoms. The number of rotatable bonds is 6. The Hall–Kier alpha value is -1.10. The molecule has 0 aliphatic carbocycles. The van der Waals surface area contributed by atoms with Crippen molar-refractivity contribution in [1.82, 2.24) is 10.6 Å². The number of ether oxygens (including phenoxy) is 1. The first-order valence-corrected chi connectivity index (χ1v) is 6.18. The fourth-order valence-electron chi connectivity index (χ4n) is 2.03. The normalized spacial score (nSPS) is 20.9. The highest BCUT2D eigenvalue weighted by atomic mass is 16.5. The van der Waals surface area contributed by atoms with E-state index in [4.69, 9.17) is 0 Å². The van der Waals surface area contributed by atoms with Crippen molar-refractivity contribution in [3.05, 3.63) is 0 Å². The summed E-state index contributed by atoms with van der Waals surface area (Å²) >= 11 is 0. The van der Waals surface area contributed by atoms with Crippen LogP contribution in [0, 0.1) is 5.92 Å².